The summed E-state index contributed by atoms with van der Waals surface area (Å²) in [4.78, 5) is 24.5. The molecule has 2 amide bonds. The Hall–Kier alpha value is -2.85. The average Bonchev–Trinajstić information content (AvgIpc) is 2.73. The van der Waals surface area contributed by atoms with Crippen LogP contribution in [0.2, 0.25) is 0 Å². The minimum Gasteiger partial charge on any atom is -0.278 e. The highest BCUT2D eigenvalue weighted by Gasteiger charge is 2.46. The van der Waals surface area contributed by atoms with Crippen molar-refractivity contribution in [1.29, 1.82) is 0 Å². The summed E-state index contributed by atoms with van der Waals surface area (Å²) >= 11 is 1.65. The first kappa shape index (κ1) is 17.6. The fourth-order valence-electron chi connectivity index (χ4n) is 3.55. The van der Waals surface area contributed by atoms with Gasteiger partial charge in [0.2, 0.25) is 12.3 Å². The third kappa shape index (κ3) is 3.06. The third-order valence-corrected chi connectivity index (χ3v) is 6.64. The van der Waals surface area contributed by atoms with Crippen molar-refractivity contribution in [3.05, 3.63) is 108 Å². The van der Waals surface area contributed by atoms with E-state index in [1.54, 1.807) is 11.8 Å². The molecule has 1 aliphatic rings. The predicted octanol–water partition coefficient (Wildman–Crippen LogP) is 4.43. The van der Waals surface area contributed by atoms with Crippen molar-refractivity contribution in [2.45, 2.75) is 16.5 Å². The molecule has 4 rings (SSSR count). The Morgan fingerprint density at radius 3 is 1.52 bits per heavy atom. The van der Waals surface area contributed by atoms with Gasteiger partial charge >= 0.3 is 0 Å². The molecule has 0 aromatic heterocycles. The molecular weight excluding hydrogens is 354 g/mol. The van der Waals surface area contributed by atoms with Gasteiger partial charge in [-0.25, -0.2) is 0 Å². The van der Waals surface area contributed by atoms with E-state index in [0.29, 0.717) is 12.8 Å². The number of benzene rings is 3. The van der Waals surface area contributed by atoms with Gasteiger partial charge in [-0.3, -0.25) is 14.5 Å². The molecule has 1 atom stereocenters. The normalized spacial score (nSPS) is 16.7. The second-order valence-electron chi connectivity index (χ2n) is 6.46. The Morgan fingerprint density at radius 1 is 0.778 bits per heavy atom. The summed E-state index contributed by atoms with van der Waals surface area (Å²) in [6.07, 6.45) is 1.02. The Morgan fingerprint density at radius 2 is 1.19 bits per heavy atom. The summed E-state index contributed by atoms with van der Waals surface area (Å²) in [5.74, 6) is -0.120. The number of carbonyl (C=O) groups is 2. The van der Waals surface area contributed by atoms with Gasteiger partial charge in [0.25, 0.3) is 0 Å². The van der Waals surface area contributed by atoms with Crippen LogP contribution in [-0.4, -0.2) is 22.6 Å². The highest BCUT2D eigenvalue weighted by molar-refractivity contribution is 8.01. The van der Waals surface area contributed by atoms with Gasteiger partial charge in [-0.1, -0.05) is 91.0 Å². The van der Waals surface area contributed by atoms with E-state index in [1.807, 2.05) is 54.6 Å². The van der Waals surface area contributed by atoms with Crippen LogP contribution < -0.4 is 0 Å². The maximum Gasteiger partial charge on any atom is 0.232 e. The molecule has 1 fully saturated rings. The van der Waals surface area contributed by atoms with Gasteiger partial charge in [0, 0.05) is 0 Å². The van der Waals surface area contributed by atoms with Crippen molar-refractivity contribution < 1.29 is 9.59 Å². The number of thioether (sulfide) groups is 1. The number of carbonyl (C=O) groups excluding carboxylic acids is 2. The second-order valence-corrected chi connectivity index (χ2v) is 7.85. The lowest BCUT2D eigenvalue weighted by Gasteiger charge is -2.43. The van der Waals surface area contributed by atoms with Crippen LogP contribution in [0.1, 0.15) is 23.1 Å². The first-order valence-electron chi connectivity index (χ1n) is 8.86. The molecule has 3 aromatic rings. The van der Waals surface area contributed by atoms with Gasteiger partial charge in [-0.2, -0.15) is 0 Å². The minimum absolute atomic E-state index is 0.120. The largest absolute Gasteiger partial charge is 0.278 e. The minimum atomic E-state index is -0.517. The molecule has 0 bridgehead atoms. The van der Waals surface area contributed by atoms with Crippen LogP contribution in [0, 0.1) is 0 Å². The number of nitrogens with zero attached hydrogens (tertiary/aromatic N) is 1. The van der Waals surface area contributed by atoms with Gasteiger partial charge < -0.3 is 0 Å². The molecule has 1 heterocycles. The van der Waals surface area contributed by atoms with Crippen LogP contribution in [-0.2, 0) is 14.3 Å². The van der Waals surface area contributed by atoms with E-state index in [1.165, 1.54) is 4.90 Å². The summed E-state index contributed by atoms with van der Waals surface area (Å²) in [6, 6.07) is 30.8. The van der Waals surface area contributed by atoms with E-state index >= 15 is 0 Å². The summed E-state index contributed by atoms with van der Waals surface area (Å²) in [5, 5.41) is -0.185. The highest BCUT2D eigenvalue weighted by Crippen LogP contribution is 2.52. The summed E-state index contributed by atoms with van der Waals surface area (Å²) in [6.45, 7) is 0. The molecule has 0 saturated carbocycles. The lowest BCUT2D eigenvalue weighted by molar-refractivity contribution is -0.147. The lowest BCUT2D eigenvalue weighted by atomic mass is 9.84. The number of hydrogen-bond acceptors (Lipinski definition) is 3. The molecule has 27 heavy (non-hydrogen) atoms. The van der Waals surface area contributed by atoms with E-state index in [0.717, 1.165) is 16.7 Å². The van der Waals surface area contributed by atoms with Crippen molar-refractivity contribution in [2.24, 2.45) is 0 Å². The molecule has 1 unspecified atom stereocenters. The SMILES string of the molecule is O=CN1C(=O)CC1SC(c1ccccc1)(c1ccccc1)c1ccccc1. The van der Waals surface area contributed by atoms with Crippen molar-refractivity contribution >= 4 is 24.1 Å². The van der Waals surface area contributed by atoms with Gasteiger partial charge in [0.1, 0.15) is 0 Å². The lowest BCUT2D eigenvalue weighted by Crippen LogP contribution is -2.51. The van der Waals surface area contributed by atoms with Crippen LogP contribution >= 0.6 is 11.8 Å². The Kier molecular flexibility index (Phi) is 4.82. The van der Waals surface area contributed by atoms with Crippen LogP contribution in [0.5, 0.6) is 0 Å². The van der Waals surface area contributed by atoms with E-state index in [9.17, 15) is 9.59 Å². The first-order valence-corrected chi connectivity index (χ1v) is 9.74. The Balaban J connectivity index is 1.92. The van der Waals surface area contributed by atoms with Crippen molar-refractivity contribution in [1.82, 2.24) is 4.90 Å². The maximum atomic E-state index is 11.8. The topological polar surface area (TPSA) is 37.4 Å². The number of amides is 2. The fraction of sp³-hybridized carbons (Fsp3) is 0.130. The predicted molar refractivity (Wildman–Crippen MR) is 108 cm³/mol. The van der Waals surface area contributed by atoms with E-state index in [2.05, 4.69) is 36.4 Å². The van der Waals surface area contributed by atoms with Gasteiger partial charge in [0.15, 0.2) is 0 Å². The highest BCUT2D eigenvalue weighted by atomic mass is 32.2. The maximum absolute atomic E-state index is 11.8. The van der Waals surface area contributed by atoms with Crippen molar-refractivity contribution in [2.75, 3.05) is 0 Å². The number of rotatable bonds is 6. The first-order chi connectivity index (χ1) is 13.3. The average molecular weight is 373 g/mol. The smallest absolute Gasteiger partial charge is 0.232 e. The van der Waals surface area contributed by atoms with E-state index in [-0.39, 0.29) is 11.3 Å². The van der Waals surface area contributed by atoms with Gasteiger partial charge in [-0.05, 0) is 16.7 Å². The molecule has 1 saturated heterocycles. The van der Waals surface area contributed by atoms with Crippen LogP contribution in [0.15, 0.2) is 91.0 Å². The molecule has 0 aliphatic carbocycles. The molecule has 3 nitrogen and oxygen atoms in total. The molecule has 0 radical (unpaired) electrons. The molecule has 0 spiro atoms. The van der Waals surface area contributed by atoms with E-state index in [4.69, 9.17) is 0 Å². The summed E-state index contributed by atoms with van der Waals surface area (Å²) < 4.78 is -0.517. The van der Waals surface area contributed by atoms with Gasteiger partial charge in [-0.15, -0.1) is 11.8 Å². The summed E-state index contributed by atoms with van der Waals surface area (Å²) in [5.41, 5.74) is 3.37. The second kappa shape index (κ2) is 7.41. The zero-order valence-corrected chi connectivity index (χ0v) is 15.5. The van der Waals surface area contributed by atoms with Crippen LogP contribution in [0.25, 0.3) is 0 Å². The molecule has 4 heteroatoms. The standard InChI is InChI=1S/C23H19NO2S/c25-17-24-21(26)16-22(24)27-23(18-10-4-1-5-11-18,19-12-6-2-7-13-19)20-14-8-3-9-15-20/h1-15,17,22H,16H2. The van der Waals surface area contributed by atoms with Crippen LogP contribution in [0.3, 0.4) is 0 Å². The van der Waals surface area contributed by atoms with Crippen molar-refractivity contribution in [3.8, 4) is 0 Å². The van der Waals surface area contributed by atoms with E-state index < -0.39 is 4.75 Å². The molecule has 3 aromatic carbocycles. The number of β-lactam (4-membered cyclic amide) rings is 1. The zero-order valence-electron chi connectivity index (χ0n) is 14.7. The number of imide groups is 1. The molecule has 0 N–H and O–H groups in total. The third-order valence-electron chi connectivity index (χ3n) is 4.91. The van der Waals surface area contributed by atoms with Gasteiger partial charge in [0.05, 0.1) is 16.5 Å². The Labute approximate surface area is 163 Å². The zero-order chi connectivity index (χ0) is 18.7. The molecular formula is C23H19NO2S. The quantitative estimate of drug-likeness (QED) is 0.364. The number of likely N-dealkylation sites (tertiary alicyclic amines) is 1. The fourth-order valence-corrected chi connectivity index (χ4v) is 5.28. The molecule has 134 valence electrons. The summed E-state index contributed by atoms with van der Waals surface area (Å²) in [7, 11) is 0. The van der Waals surface area contributed by atoms with Crippen LogP contribution in [0.4, 0.5) is 0 Å². The van der Waals surface area contributed by atoms with Crippen molar-refractivity contribution in [3.63, 3.8) is 0 Å². The number of hydrogen-bond donors (Lipinski definition) is 0. The molecule has 1 aliphatic heterocycles. The monoisotopic (exact) mass is 373 g/mol. The Bertz CT molecular complexity index is 832.